The van der Waals surface area contributed by atoms with Crippen molar-refractivity contribution in [3.63, 3.8) is 0 Å². The van der Waals surface area contributed by atoms with Gasteiger partial charge in [0.2, 0.25) is 21.9 Å². The van der Waals surface area contributed by atoms with Gasteiger partial charge >= 0.3 is 0 Å². The molecule has 0 saturated carbocycles. The molecule has 1 rings (SSSR count). The monoisotopic (exact) mass is 316 g/mol. The molecular formula is C13H24N4O3S. The second-order valence-corrected chi connectivity index (χ2v) is 7.38. The summed E-state index contributed by atoms with van der Waals surface area (Å²) in [7, 11) is -3.27. The van der Waals surface area contributed by atoms with Crippen LogP contribution in [0.15, 0.2) is 6.07 Å². The molecule has 0 aliphatic carbocycles. The third-order valence-corrected chi connectivity index (χ3v) is 3.36. The van der Waals surface area contributed by atoms with Gasteiger partial charge in [-0.25, -0.2) is 18.1 Å². The van der Waals surface area contributed by atoms with Gasteiger partial charge in [-0.05, 0) is 27.2 Å². The Hall–Kier alpha value is -1.41. The number of hydrogen-bond acceptors (Lipinski definition) is 6. The van der Waals surface area contributed by atoms with E-state index >= 15 is 0 Å². The van der Waals surface area contributed by atoms with Crippen molar-refractivity contribution in [3.05, 3.63) is 11.8 Å². The van der Waals surface area contributed by atoms with E-state index in [2.05, 4.69) is 20.0 Å². The Kier molecular flexibility index (Phi) is 5.91. The summed E-state index contributed by atoms with van der Waals surface area (Å²) < 4.78 is 30.6. The second kappa shape index (κ2) is 7.04. The lowest BCUT2D eigenvalue weighted by Crippen LogP contribution is -2.47. The Morgan fingerprint density at radius 2 is 2.00 bits per heavy atom. The molecule has 1 aromatic rings. The molecule has 0 aliphatic heterocycles. The predicted octanol–water partition coefficient (Wildman–Crippen LogP) is 1.31. The summed E-state index contributed by atoms with van der Waals surface area (Å²) in [6, 6.07) is 1.76. The summed E-state index contributed by atoms with van der Waals surface area (Å²) in [4.78, 5) is 8.51. The van der Waals surface area contributed by atoms with Gasteiger partial charge in [0, 0.05) is 23.8 Å². The van der Waals surface area contributed by atoms with Crippen molar-refractivity contribution in [2.24, 2.45) is 0 Å². The third kappa shape index (κ3) is 7.24. The molecule has 0 unspecified atom stereocenters. The van der Waals surface area contributed by atoms with Crippen molar-refractivity contribution >= 4 is 16.0 Å². The molecule has 7 nitrogen and oxygen atoms in total. The highest BCUT2D eigenvalue weighted by Crippen LogP contribution is 2.13. The van der Waals surface area contributed by atoms with Crippen LogP contribution in [0.4, 0.5) is 5.95 Å². The molecule has 120 valence electrons. The quantitative estimate of drug-likeness (QED) is 0.751. The summed E-state index contributed by atoms with van der Waals surface area (Å²) >= 11 is 0. The van der Waals surface area contributed by atoms with Crippen LogP contribution in [0.2, 0.25) is 0 Å². The Bertz CT molecular complexity index is 573. The summed E-state index contributed by atoms with van der Waals surface area (Å²) in [6.07, 6.45) is 2.03. The van der Waals surface area contributed by atoms with Gasteiger partial charge in [0.05, 0.1) is 12.9 Å². The lowest BCUT2D eigenvalue weighted by molar-refractivity contribution is 0.304. The minimum atomic E-state index is -3.27. The van der Waals surface area contributed by atoms with Crippen molar-refractivity contribution < 1.29 is 13.2 Å². The molecule has 21 heavy (non-hydrogen) atoms. The fraction of sp³-hybridized carbons (Fsp3) is 0.692. The van der Waals surface area contributed by atoms with Gasteiger partial charge in [0.1, 0.15) is 0 Å². The SMILES string of the molecule is CCCOc1cc(C)nc(NCC(C)(C)NS(C)(=O)=O)n1. The van der Waals surface area contributed by atoms with Crippen molar-refractivity contribution in [3.8, 4) is 5.88 Å². The number of nitrogens with one attached hydrogen (secondary N) is 2. The van der Waals surface area contributed by atoms with Crippen LogP contribution in [0, 0.1) is 6.92 Å². The van der Waals surface area contributed by atoms with Crippen LogP contribution >= 0.6 is 0 Å². The average Bonchev–Trinajstić information content (AvgIpc) is 2.30. The molecule has 0 saturated heterocycles. The first-order chi connectivity index (χ1) is 9.61. The molecule has 0 radical (unpaired) electrons. The zero-order valence-corrected chi connectivity index (χ0v) is 14.0. The molecule has 8 heteroatoms. The van der Waals surface area contributed by atoms with Gasteiger partial charge in [0.15, 0.2) is 0 Å². The Balaban J connectivity index is 2.72. The molecule has 0 fully saturated rings. The highest BCUT2D eigenvalue weighted by atomic mass is 32.2. The van der Waals surface area contributed by atoms with E-state index < -0.39 is 15.6 Å². The van der Waals surface area contributed by atoms with Crippen molar-refractivity contribution in [1.82, 2.24) is 14.7 Å². The van der Waals surface area contributed by atoms with Crippen molar-refractivity contribution in [1.29, 1.82) is 0 Å². The number of aromatic nitrogens is 2. The van der Waals surface area contributed by atoms with E-state index in [1.807, 2.05) is 13.8 Å². The minimum absolute atomic E-state index is 0.358. The molecule has 0 bridgehead atoms. The number of aryl methyl sites for hydroxylation is 1. The smallest absolute Gasteiger partial charge is 0.226 e. The van der Waals surface area contributed by atoms with Crippen LogP contribution in [0.25, 0.3) is 0 Å². The Labute approximate surface area is 126 Å². The van der Waals surface area contributed by atoms with Crippen LogP contribution in [-0.4, -0.2) is 43.3 Å². The van der Waals surface area contributed by atoms with Crippen LogP contribution < -0.4 is 14.8 Å². The normalized spacial score (nSPS) is 12.2. The highest BCUT2D eigenvalue weighted by molar-refractivity contribution is 7.88. The van der Waals surface area contributed by atoms with Gasteiger partial charge in [0.25, 0.3) is 0 Å². The van der Waals surface area contributed by atoms with E-state index in [1.54, 1.807) is 19.9 Å². The zero-order chi connectivity index (χ0) is 16.1. The number of hydrogen-bond donors (Lipinski definition) is 2. The predicted molar refractivity (Wildman–Crippen MR) is 83.1 cm³/mol. The van der Waals surface area contributed by atoms with E-state index in [4.69, 9.17) is 4.74 Å². The lowest BCUT2D eigenvalue weighted by Gasteiger charge is -2.25. The molecule has 0 aromatic carbocycles. The summed E-state index contributed by atoms with van der Waals surface area (Å²) in [5.74, 6) is 0.935. The maximum Gasteiger partial charge on any atom is 0.226 e. The van der Waals surface area contributed by atoms with E-state index in [0.29, 0.717) is 25.0 Å². The van der Waals surface area contributed by atoms with Crippen LogP contribution in [0.3, 0.4) is 0 Å². The summed E-state index contributed by atoms with van der Waals surface area (Å²) in [5.41, 5.74) is 0.137. The van der Waals surface area contributed by atoms with E-state index in [0.717, 1.165) is 18.4 Å². The molecule has 2 N–H and O–H groups in total. The first-order valence-corrected chi connectivity index (χ1v) is 8.72. The number of nitrogens with zero attached hydrogens (tertiary/aromatic N) is 2. The van der Waals surface area contributed by atoms with Gasteiger partial charge in [-0.2, -0.15) is 4.98 Å². The highest BCUT2D eigenvalue weighted by Gasteiger charge is 2.22. The number of rotatable bonds is 8. The van der Waals surface area contributed by atoms with Crippen LogP contribution in [0.5, 0.6) is 5.88 Å². The zero-order valence-electron chi connectivity index (χ0n) is 13.2. The van der Waals surface area contributed by atoms with E-state index in [9.17, 15) is 8.42 Å². The van der Waals surface area contributed by atoms with Crippen LogP contribution in [0.1, 0.15) is 32.9 Å². The maximum atomic E-state index is 11.3. The number of anilines is 1. The second-order valence-electron chi connectivity index (χ2n) is 5.63. The number of sulfonamides is 1. The van der Waals surface area contributed by atoms with Gasteiger partial charge in [-0.15, -0.1) is 0 Å². The topological polar surface area (TPSA) is 93.2 Å². The lowest BCUT2D eigenvalue weighted by atomic mass is 10.1. The number of ether oxygens (including phenoxy) is 1. The van der Waals surface area contributed by atoms with E-state index in [1.165, 1.54) is 0 Å². The standard InChI is InChI=1S/C13H24N4O3S/c1-6-7-20-11-8-10(2)15-12(16-11)14-9-13(3,4)17-21(5,18)19/h8,17H,6-7,9H2,1-5H3,(H,14,15,16). The minimum Gasteiger partial charge on any atom is -0.478 e. The van der Waals surface area contributed by atoms with E-state index in [-0.39, 0.29) is 0 Å². The van der Waals surface area contributed by atoms with Gasteiger partial charge in [-0.1, -0.05) is 6.92 Å². The average molecular weight is 316 g/mol. The molecule has 0 spiro atoms. The third-order valence-electron chi connectivity index (χ3n) is 2.43. The fourth-order valence-electron chi connectivity index (χ4n) is 1.74. The molecular weight excluding hydrogens is 292 g/mol. The first-order valence-electron chi connectivity index (χ1n) is 6.82. The van der Waals surface area contributed by atoms with Crippen molar-refractivity contribution in [2.45, 2.75) is 39.7 Å². The first kappa shape index (κ1) is 17.6. The fourth-order valence-corrected chi connectivity index (χ4v) is 2.81. The molecule has 0 aliphatic rings. The summed E-state index contributed by atoms with van der Waals surface area (Å²) in [6.45, 7) is 8.39. The Morgan fingerprint density at radius 3 is 2.57 bits per heavy atom. The van der Waals surface area contributed by atoms with Gasteiger partial charge in [-0.3, -0.25) is 0 Å². The van der Waals surface area contributed by atoms with Crippen molar-refractivity contribution in [2.75, 3.05) is 24.7 Å². The summed E-state index contributed by atoms with van der Waals surface area (Å²) in [5, 5.41) is 3.04. The Morgan fingerprint density at radius 1 is 1.33 bits per heavy atom. The van der Waals surface area contributed by atoms with Crippen LogP contribution in [-0.2, 0) is 10.0 Å². The molecule has 0 amide bonds. The van der Waals surface area contributed by atoms with Gasteiger partial charge < -0.3 is 10.1 Å². The molecule has 1 aromatic heterocycles. The maximum absolute atomic E-state index is 11.3. The largest absolute Gasteiger partial charge is 0.478 e. The molecule has 0 atom stereocenters. The molecule has 1 heterocycles.